The van der Waals surface area contributed by atoms with Crippen LogP contribution in [0, 0.1) is 0 Å². The normalized spacial score (nSPS) is 19.1. The number of methoxy groups -OCH3 is 1. The van der Waals surface area contributed by atoms with Crippen molar-refractivity contribution < 1.29 is 19.1 Å². The number of carbonyl (C=O) groups is 2. The molecule has 1 aromatic carbocycles. The molecule has 0 spiro atoms. The van der Waals surface area contributed by atoms with Crippen LogP contribution in [0.3, 0.4) is 0 Å². The third-order valence-electron chi connectivity index (χ3n) is 3.16. The number of hydrogen-bond acceptors (Lipinski definition) is 4. The SMILES string of the molecule is COC(=O)c1cccc(C(=O)N2CCOC[C@@H]2C)c1. The zero-order valence-corrected chi connectivity index (χ0v) is 11.1. The van der Waals surface area contributed by atoms with Gasteiger partial charge in [0.15, 0.2) is 0 Å². The third-order valence-corrected chi connectivity index (χ3v) is 3.16. The van der Waals surface area contributed by atoms with Gasteiger partial charge in [-0.2, -0.15) is 0 Å². The zero-order valence-electron chi connectivity index (χ0n) is 11.1. The fourth-order valence-electron chi connectivity index (χ4n) is 2.09. The molecule has 0 bridgehead atoms. The van der Waals surface area contributed by atoms with E-state index in [9.17, 15) is 9.59 Å². The first-order chi connectivity index (χ1) is 9.13. The van der Waals surface area contributed by atoms with Crippen molar-refractivity contribution in [3.63, 3.8) is 0 Å². The highest BCUT2D eigenvalue weighted by atomic mass is 16.5. The van der Waals surface area contributed by atoms with Crippen molar-refractivity contribution in [1.29, 1.82) is 0 Å². The summed E-state index contributed by atoms with van der Waals surface area (Å²) >= 11 is 0. The van der Waals surface area contributed by atoms with Crippen molar-refractivity contribution in [3.8, 4) is 0 Å². The minimum atomic E-state index is -0.440. The largest absolute Gasteiger partial charge is 0.465 e. The summed E-state index contributed by atoms with van der Waals surface area (Å²) in [7, 11) is 1.32. The number of carbonyl (C=O) groups excluding carboxylic acids is 2. The molecule has 2 rings (SSSR count). The maximum Gasteiger partial charge on any atom is 0.337 e. The Hall–Kier alpha value is -1.88. The molecular weight excluding hydrogens is 246 g/mol. The Morgan fingerprint density at radius 3 is 2.79 bits per heavy atom. The molecule has 1 aliphatic heterocycles. The van der Waals surface area contributed by atoms with Crippen LogP contribution in [-0.2, 0) is 9.47 Å². The highest BCUT2D eigenvalue weighted by molar-refractivity contribution is 5.98. The first-order valence-corrected chi connectivity index (χ1v) is 6.20. The molecule has 1 amide bonds. The molecular formula is C14H17NO4. The summed E-state index contributed by atoms with van der Waals surface area (Å²) in [5.41, 5.74) is 0.880. The molecule has 0 saturated carbocycles. The average molecular weight is 263 g/mol. The van der Waals surface area contributed by atoms with Crippen LogP contribution in [0.15, 0.2) is 24.3 Å². The molecule has 1 aliphatic rings. The molecule has 0 aromatic heterocycles. The summed E-state index contributed by atoms with van der Waals surface area (Å²) in [4.78, 5) is 25.6. The van der Waals surface area contributed by atoms with Crippen LogP contribution in [0.1, 0.15) is 27.6 Å². The maximum absolute atomic E-state index is 12.4. The van der Waals surface area contributed by atoms with E-state index in [4.69, 9.17) is 4.74 Å². The van der Waals surface area contributed by atoms with Gasteiger partial charge < -0.3 is 14.4 Å². The first kappa shape index (κ1) is 13.5. The highest BCUT2D eigenvalue weighted by Crippen LogP contribution is 2.14. The van der Waals surface area contributed by atoms with E-state index in [1.807, 2.05) is 6.92 Å². The standard InChI is InChI=1S/C14H17NO4/c1-10-9-19-7-6-15(10)13(16)11-4-3-5-12(8-11)14(17)18-2/h3-5,8,10H,6-7,9H2,1-2H3/t10-/m0/s1. The molecule has 0 unspecified atom stereocenters. The summed E-state index contributed by atoms with van der Waals surface area (Å²) in [6.45, 7) is 3.61. The van der Waals surface area contributed by atoms with E-state index in [0.29, 0.717) is 30.9 Å². The van der Waals surface area contributed by atoms with Gasteiger partial charge in [-0.3, -0.25) is 4.79 Å². The molecule has 1 heterocycles. The second-order valence-corrected chi connectivity index (χ2v) is 4.49. The lowest BCUT2D eigenvalue weighted by Crippen LogP contribution is -2.47. The van der Waals surface area contributed by atoms with Gasteiger partial charge in [-0.25, -0.2) is 4.79 Å². The van der Waals surface area contributed by atoms with Gasteiger partial charge in [0.1, 0.15) is 0 Å². The zero-order chi connectivity index (χ0) is 13.8. The summed E-state index contributed by atoms with van der Waals surface area (Å²) < 4.78 is 9.96. The average Bonchev–Trinajstić information content (AvgIpc) is 2.46. The summed E-state index contributed by atoms with van der Waals surface area (Å²) in [5.74, 6) is -0.522. The molecule has 1 aromatic rings. The van der Waals surface area contributed by atoms with Crippen molar-refractivity contribution in [2.45, 2.75) is 13.0 Å². The van der Waals surface area contributed by atoms with Gasteiger partial charge >= 0.3 is 5.97 Å². The van der Waals surface area contributed by atoms with Gasteiger partial charge in [0, 0.05) is 12.1 Å². The highest BCUT2D eigenvalue weighted by Gasteiger charge is 2.25. The van der Waals surface area contributed by atoms with Gasteiger partial charge in [0.05, 0.1) is 31.9 Å². The first-order valence-electron chi connectivity index (χ1n) is 6.20. The predicted octanol–water partition coefficient (Wildman–Crippen LogP) is 1.33. The lowest BCUT2D eigenvalue weighted by molar-refractivity contribution is 0.00359. The van der Waals surface area contributed by atoms with Gasteiger partial charge in [-0.1, -0.05) is 6.07 Å². The molecule has 19 heavy (non-hydrogen) atoms. The molecule has 1 fully saturated rings. The Morgan fingerprint density at radius 2 is 2.11 bits per heavy atom. The lowest BCUT2D eigenvalue weighted by Gasteiger charge is -2.33. The Labute approximate surface area is 112 Å². The summed E-state index contributed by atoms with van der Waals surface area (Å²) in [5, 5.41) is 0. The molecule has 5 heteroatoms. The van der Waals surface area contributed by atoms with Gasteiger partial charge in [-0.05, 0) is 25.1 Å². The van der Waals surface area contributed by atoms with E-state index in [2.05, 4.69) is 4.74 Å². The number of nitrogens with zero attached hydrogens (tertiary/aromatic N) is 1. The van der Waals surface area contributed by atoms with Crippen LogP contribution >= 0.6 is 0 Å². The maximum atomic E-state index is 12.4. The van der Waals surface area contributed by atoms with Crippen LogP contribution in [0.4, 0.5) is 0 Å². The van der Waals surface area contributed by atoms with Crippen LogP contribution in [0.5, 0.6) is 0 Å². The quantitative estimate of drug-likeness (QED) is 0.755. The van der Waals surface area contributed by atoms with Gasteiger partial charge in [0.25, 0.3) is 5.91 Å². The minimum absolute atomic E-state index is 0.0445. The number of ether oxygens (including phenoxy) is 2. The second kappa shape index (κ2) is 5.84. The van der Waals surface area contributed by atoms with Crippen molar-refractivity contribution in [1.82, 2.24) is 4.90 Å². The van der Waals surface area contributed by atoms with Crippen LogP contribution in [-0.4, -0.2) is 49.7 Å². The number of amides is 1. The van der Waals surface area contributed by atoms with Gasteiger partial charge in [0.2, 0.25) is 0 Å². The van der Waals surface area contributed by atoms with E-state index in [1.165, 1.54) is 7.11 Å². The smallest absolute Gasteiger partial charge is 0.337 e. The third kappa shape index (κ3) is 2.93. The van der Waals surface area contributed by atoms with E-state index < -0.39 is 5.97 Å². The fraction of sp³-hybridized carbons (Fsp3) is 0.429. The predicted molar refractivity (Wildman–Crippen MR) is 69.1 cm³/mol. The molecule has 5 nitrogen and oxygen atoms in total. The number of benzene rings is 1. The van der Waals surface area contributed by atoms with Crippen molar-refractivity contribution in [2.24, 2.45) is 0 Å². The number of esters is 1. The van der Waals surface area contributed by atoms with Gasteiger partial charge in [-0.15, -0.1) is 0 Å². The van der Waals surface area contributed by atoms with E-state index in [-0.39, 0.29) is 11.9 Å². The van der Waals surface area contributed by atoms with E-state index in [1.54, 1.807) is 29.2 Å². The summed E-state index contributed by atoms with van der Waals surface area (Å²) in [6.07, 6.45) is 0. The molecule has 102 valence electrons. The van der Waals surface area contributed by atoms with E-state index in [0.717, 1.165) is 0 Å². The molecule has 0 aliphatic carbocycles. The lowest BCUT2D eigenvalue weighted by atomic mass is 10.1. The van der Waals surface area contributed by atoms with E-state index >= 15 is 0 Å². The number of rotatable bonds is 2. The Morgan fingerprint density at radius 1 is 1.37 bits per heavy atom. The fourth-order valence-corrected chi connectivity index (χ4v) is 2.09. The van der Waals surface area contributed by atoms with Crippen LogP contribution < -0.4 is 0 Å². The van der Waals surface area contributed by atoms with Crippen molar-refractivity contribution in [2.75, 3.05) is 26.9 Å². The van der Waals surface area contributed by atoms with Crippen LogP contribution in [0.25, 0.3) is 0 Å². The Balaban J connectivity index is 2.21. The number of morpholine rings is 1. The monoisotopic (exact) mass is 263 g/mol. The minimum Gasteiger partial charge on any atom is -0.465 e. The Bertz CT molecular complexity index is 486. The van der Waals surface area contributed by atoms with Crippen LogP contribution in [0.2, 0.25) is 0 Å². The van der Waals surface area contributed by atoms with Crippen molar-refractivity contribution in [3.05, 3.63) is 35.4 Å². The van der Waals surface area contributed by atoms with Crippen molar-refractivity contribution >= 4 is 11.9 Å². The topological polar surface area (TPSA) is 55.8 Å². The second-order valence-electron chi connectivity index (χ2n) is 4.49. The number of hydrogen-bond donors (Lipinski definition) is 0. The molecule has 0 radical (unpaired) electrons. The molecule has 1 saturated heterocycles. The molecule has 0 N–H and O–H groups in total. The summed E-state index contributed by atoms with van der Waals surface area (Å²) in [6, 6.07) is 6.63. The molecule has 1 atom stereocenters. The Kier molecular flexibility index (Phi) is 4.16.